The van der Waals surface area contributed by atoms with Gasteiger partial charge in [0.1, 0.15) is 5.60 Å². The van der Waals surface area contributed by atoms with Crippen LogP contribution in [-0.2, 0) is 11.3 Å². The van der Waals surface area contributed by atoms with Gasteiger partial charge in [-0.05, 0) is 44.1 Å². The number of piperidine rings is 1. The lowest BCUT2D eigenvalue weighted by Gasteiger charge is -2.21. The van der Waals surface area contributed by atoms with Gasteiger partial charge in [0.25, 0.3) is 0 Å². The molecule has 22 heavy (non-hydrogen) atoms. The van der Waals surface area contributed by atoms with Crippen molar-refractivity contribution in [3.63, 3.8) is 0 Å². The van der Waals surface area contributed by atoms with E-state index >= 15 is 0 Å². The van der Waals surface area contributed by atoms with E-state index in [2.05, 4.69) is 40.5 Å². The standard InChI is InChI=1S/C18H26N2O2/c1-18(2,3)22-17(21)19-9-14-15-11-20(12-16(14)15)10-13-7-5-4-6-8-13/h4-8,14-16H,9-12H2,1-3H3,(H,19,21)/t15-,16-/m1/s1. The van der Waals surface area contributed by atoms with Gasteiger partial charge in [-0.1, -0.05) is 30.3 Å². The van der Waals surface area contributed by atoms with Gasteiger partial charge in [0, 0.05) is 26.2 Å². The van der Waals surface area contributed by atoms with E-state index in [4.69, 9.17) is 4.74 Å². The first-order valence-corrected chi connectivity index (χ1v) is 8.15. The fraction of sp³-hybridized carbons (Fsp3) is 0.611. The number of alkyl carbamates (subject to hydrolysis) is 1. The molecule has 4 nitrogen and oxygen atoms in total. The van der Waals surface area contributed by atoms with E-state index in [1.807, 2.05) is 20.8 Å². The smallest absolute Gasteiger partial charge is 0.407 e. The molecule has 1 heterocycles. The van der Waals surface area contributed by atoms with Gasteiger partial charge >= 0.3 is 6.09 Å². The second kappa shape index (κ2) is 5.92. The largest absolute Gasteiger partial charge is 0.444 e. The van der Waals surface area contributed by atoms with Gasteiger partial charge in [-0.25, -0.2) is 4.79 Å². The van der Waals surface area contributed by atoms with Gasteiger partial charge in [0.2, 0.25) is 0 Å². The van der Waals surface area contributed by atoms with Crippen molar-refractivity contribution < 1.29 is 9.53 Å². The van der Waals surface area contributed by atoms with Gasteiger partial charge in [0.05, 0.1) is 0 Å². The monoisotopic (exact) mass is 302 g/mol. The number of amides is 1. The number of carbonyl (C=O) groups is 1. The van der Waals surface area contributed by atoms with Crippen LogP contribution in [0.3, 0.4) is 0 Å². The number of nitrogens with zero attached hydrogens (tertiary/aromatic N) is 1. The zero-order valence-corrected chi connectivity index (χ0v) is 13.7. The van der Waals surface area contributed by atoms with Crippen LogP contribution in [-0.4, -0.2) is 36.2 Å². The van der Waals surface area contributed by atoms with E-state index in [1.54, 1.807) is 0 Å². The molecule has 4 heteroatoms. The summed E-state index contributed by atoms with van der Waals surface area (Å²) >= 11 is 0. The number of carbonyl (C=O) groups excluding carboxylic acids is 1. The van der Waals surface area contributed by atoms with Crippen molar-refractivity contribution in [2.75, 3.05) is 19.6 Å². The van der Waals surface area contributed by atoms with Crippen molar-refractivity contribution in [2.45, 2.75) is 32.9 Å². The summed E-state index contributed by atoms with van der Waals surface area (Å²) in [5.74, 6) is 2.14. The van der Waals surface area contributed by atoms with E-state index in [0.717, 1.165) is 38.0 Å². The number of benzene rings is 1. The van der Waals surface area contributed by atoms with Crippen LogP contribution < -0.4 is 5.32 Å². The van der Waals surface area contributed by atoms with E-state index < -0.39 is 5.60 Å². The summed E-state index contributed by atoms with van der Waals surface area (Å²) in [4.78, 5) is 14.2. The Kier molecular flexibility index (Phi) is 4.13. The van der Waals surface area contributed by atoms with E-state index in [-0.39, 0.29) is 6.09 Å². The van der Waals surface area contributed by atoms with Gasteiger partial charge < -0.3 is 10.1 Å². The Bertz CT molecular complexity index is 512. The molecule has 0 aromatic heterocycles. The maximum Gasteiger partial charge on any atom is 0.407 e. The third-order valence-corrected chi connectivity index (χ3v) is 4.58. The number of likely N-dealkylation sites (tertiary alicyclic amines) is 1. The summed E-state index contributed by atoms with van der Waals surface area (Å²) in [6.07, 6.45) is -0.293. The van der Waals surface area contributed by atoms with Gasteiger partial charge in [-0.3, -0.25) is 4.90 Å². The molecule has 1 amide bonds. The van der Waals surface area contributed by atoms with Crippen molar-refractivity contribution >= 4 is 6.09 Å². The maximum absolute atomic E-state index is 11.7. The second-order valence-electron chi connectivity index (χ2n) is 7.55. The molecule has 1 saturated heterocycles. The first-order chi connectivity index (χ1) is 10.4. The van der Waals surface area contributed by atoms with Crippen LogP contribution in [0, 0.1) is 17.8 Å². The van der Waals surface area contributed by atoms with Gasteiger partial charge in [0.15, 0.2) is 0 Å². The Labute approximate surface area is 132 Å². The SMILES string of the molecule is CC(C)(C)OC(=O)NCC1[C@H]2CN(Cc3ccccc3)C[C@H]12. The fourth-order valence-electron chi connectivity index (χ4n) is 3.53. The number of hydrogen-bond donors (Lipinski definition) is 1. The lowest BCUT2D eigenvalue weighted by Crippen LogP contribution is -2.35. The zero-order chi connectivity index (χ0) is 15.7. The Morgan fingerprint density at radius 1 is 1.23 bits per heavy atom. The van der Waals surface area contributed by atoms with E-state index in [9.17, 15) is 4.79 Å². The molecular weight excluding hydrogens is 276 g/mol. The Hall–Kier alpha value is -1.55. The van der Waals surface area contributed by atoms with Crippen molar-refractivity contribution in [3.05, 3.63) is 35.9 Å². The molecule has 0 radical (unpaired) electrons. The van der Waals surface area contributed by atoms with E-state index in [1.165, 1.54) is 5.56 Å². The number of ether oxygens (including phenoxy) is 1. The second-order valence-corrected chi connectivity index (χ2v) is 7.55. The van der Waals surface area contributed by atoms with Crippen LogP contribution in [0.1, 0.15) is 26.3 Å². The molecule has 1 aromatic rings. The minimum absolute atomic E-state index is 0.293. The number of nitrogens with one attached hydrogen (secondary N) is 1. The number of hydrogen-bond acceptors (Lipinski definition) is 3. The summed E-state index contributed by atoms with van der Waals surface area (Å²) in [7, 11) is 0. The topological polar surface area (TPSA) is 41.6 Å². The highest BCUT2D eigenvalue weighted by atomic mass is 16.6. The summed E-state index contributed by atoms with van der Waals surface area (Å²) in [6.45, 7) is 9.77. The van der Waals surface area contributed by atoms with Crippen LogP contribution in [0.5, 0.6) is 0 Å². The summed E-state index contributed by atoms with van der Waals surface area (Å²) in [6, 6.07) is 10.6. The van der Waals surface area contributed by atoms with Crippen LogP contribution >= 0.6 is 0 Å². The molecule has 3 rings (SSSR count). The molecule has 1 saturated carbocycles. The Balaban J connectivity index is 1.37. The van der Waals surface area contributed by atoms with Gasteiger partial charge in [-0.2, -0.15) is 0 Å². The third-order valence-electron chi connectivity index (χ3n) is 4.58. The van der Waals surface area contributed by atoms with Crippen molar-refractivity contribution in [2.24, 2.45) is 17.8 Å². The highest BCUT2D eigenvalue weighted by Crippen LogP contribution is 2.51. The molecule has 1 aliphatic carbocycles. The van der Waals surface area contributed by atoms with Crippen LogP contribution in [0.15, 0.2) is 30.3 Å². The molecule has 2 atom stereocenters. The maximum atomic E-state index is 11.7. The molecule has 0 bridgehead atoms. The predicted octanol–water partition coefficient (Wildman–Crippen LogP) is 2.89. The van der Waals surface area contributed by atoms with E-state index in [0.29, 0.717) is 5.92 Å². The molecule has 1 aliphatic heterocycles. The van der Waals surface area contributed by atoms with Crippen molar-refractivity contribution in [3.8, 4) is 0 Å². The Morgan fingerprint density at radius 3 is 2.45 bits per heavy atom. The summed E-state index contributed by atoms with van der Waals surface area (Å²) in [5.41, 5.74) is 0.961. The van der Waals surface area contributed by atoms with Gasteiger partial charge in [-0.15, -0.1) is 0 Å². The molecule has 120 valence electrons. The van der Waals surface area contributed by atoms with Crippen LogP contribution in [0.25, 0.3) is 0 Å². The quantitative estimate of drug-likeness (QED) is 0.930. The molecule has 0 unspecified atom stereocenters. The Morgan fingerprint density at radius 2 is 1.86 bits per heavy atom. The molecule has 2 aliphatic rings. The third kappa shape index (κ3) is 3.80. The fourth-order valence-corrected chi connectivity index (χ4v) is 3.53. The van der Waals surface area contributed by atoms with Crippen molar-refractivity contribution in [1.29, 1.82) is 0 Å². The average Bonchev–Trinajstić information content (AvgIpc) is 2.88. The lowest BCUT2D eigenvalue weighted by atomic mass is 10.2. The highest BCUT2D eigenvalue weighted by Gasteiger charge is 2.55. The first kappa shape index (κ1) is 15.3. The summed E-state index contributed by atoms with van der Waals surface area (Å²) < 4.78 is 5.28. The molecule has 2 fully saturated rings. The highest BCUT2D eigenvalue weighted by molar-refractivity contribution is 5.67. The van der Waals surface area contributed by atoms with Crippen molar-refractivity contribution in [1.82, 2.24) is 10.2 Å². The molecule has 0 spiro atoms. The zero-order valence-electron chi connectivity index (χ0n) is 13.7. The molecule has 1 aromatic carbocycles. The first-order valence-electron chi connectivity index (χ1n) is 8.15. The predicted molar refractivity (Wildman–Crippen MR) is 86.4 cm³/mol. The normalized spacial score (nSPS) is 27.3. The minimum atomic E-state index is -0.421. The minimum Gasteiger partial charge on any atom is -0.444 e. The molecule has 1 N–H and O–H groups in total. The van der Waals surface area contributed by atoms with Crippen LogP contribution in [0.2, 0.25) is 0 Å². The number of rotatable bonds is 4. The number of fused-ring (bicyclic) bond motifs is 1. The average molecular weight is 302 g/mol. The lowest BCUT2D eigenvalue weighted by molar-refractivity contribution is 0.0522. The molecular formula is C18H26N2O2. The summed E-state index contributed by atoms with van der Waals surface area (Å²) in [5, 5.41) is 2.91. The van der Waals surface area contributed by atoms with Crippen LogP contribution in [0.4, 0.5) is 4.79 Å².